The number of aromatic nitrogens is 1. The van der Waals surface area contributed by atoms with E-state index < -0.39 is 0 Å². The Labute approximate surface area is 176 Å². The minimum Gasteiger partial charge on any atom is -0.338 e. The molecule has 3 heterocycles. The number of likely N-dealkylation sites (tertiary alicyclic amines) is 2. The summed E-state index contributed by atoms with van der Waals surface area (Å²) in [7, 11) is 0. The predicted molar refractivity (Wildman–Crippen MR) is 116 cm³/mol. The highest BCUT2D eigenvalue weighted by Crippen LogP contribution is 2.33. The van der Waals surface area contributed by atoms with Gasteiger partial charge in [0.1, 0.15) is 9.88 Å². The van der Waals surface area contributed by atoms with Gasteiger partial charge in [0.25, 0.3) is 5.91 Å². The summed E-state index contributed by atoms with van der Waals surface area (Å²) < 4.78 is 0. The maximum atomic E-state index is 13.1. The van der Waals surface area contributed by atoms with Gasteiger partial charge in [-0.15, -0.1) is 11.3 Å². The number of rotatable bonds is 3. The molecule has 0 unspecified atom stereocenters. The summed E-state index contributed by atoms with van der Waals surface area (Å²) in [5.41, 5.74) is 2.97. The van der Waals surface area contributed by atoms with Crippen LogP contribution in [0, 0.1) is 13.8 Å². The van der Waals surface area contributed by atoms with Crippen LogP contribution in [0.1, 0.15) is 53.0 Å². The Hall–Kier alpha value is -1.43. The molecule has 2 fully saturated rings. The highest BCUT2D eigenvalue weighted by Gasteiger charge is 2.29. The molecule has 4 rings (SSSR count). The number of hydrogen-bond acceptors (Lipinski definition) is 4. The van der Waals surface area contributed by atoms with Crippen LogP contribution in [0.4, 0.5) is 0 Å². The molecule has 0 N–H and O–H groups in total. The van der Waals surface area contributed by atoms with E-state index in [9.17, 15) is 4.79 Å². The molecule has 2 aromatic rings. The first kappa shape index (κ1) is 19.9. The normalized spacial score (nSPS) is 19.2. The first-order valence-electron chi connectivity index (χ1n) is 10.3. The highest BCUT2D eigenvalue weighted by atomic mass is 35.5. The minimum absolute atomic E-state index is 0.143. The molecule has 0 spiro atoms. The van der Waals surface area contributed by atoms with Crippen molar-refractivity contribution in [3.05, 3.63) is 39.4 Å². The van der Waals surface area contributed by atoms with Gasteiger partial charge in [0.05, 0.1) is 5.69 Å². The molecule has 0 bridgehead atoms. The third kappa shape index (κ3) is 4.12. The minimum atomic E-state index is 0.143. The van der Waals surface area contributed by atoms with Crippen LogP contribution in [0.3, 0.4) is 0 Å². The predicted octanol–water partition coefficient (Wildman–Crippen LogP) is 5.17. The van der Waals surface area contributed by atoms with E-state index in [1.165, 1.54) is 43.7 Å². The van der Waals surface area contributed by atoms with Crippen molar-refractivity contribution >= 4 is 28.8 Å². The van der Waals surface area contributed by atoms with Crippen molar-refractivity contribution in [3.8, 4) is 10.6 Å². The summed E-state index contributed by atoms with van der Waals surface area (Å²) in [6.45, 7) is 8.15. The molecule has 2 aliphatic heterocycles. The number of carbonyl (C=O) groups is 1. The van der Waals surface area contributed by atoms with Gasteiger partial charge in [-0.3, -0.25) is 4.79 Å². The van der Waals surface area contributed by atoms with Gasteiger partial charge >= 0.3 is 0 Å². The third-order valence-electron chi connectivity index (χ3n) is 6.07. The van der Waals surface area contributed by atoms with Crippen LogP contribution >= 0.6 is 22.9 Å². The third-order valence-corrected chi connectivity index (χ3v) is 7.48. The molecule has 1 aromatic heterocycles. The smallest absolute Gasteiger partial charge is 0.265 e. The number of halogens is 1. The first-order valence-corrected chi connectivity index (χ1v) is 11.5. The van der Waals surface area contributed by atoms with Gasteiger partial charge in [-0.2, -0.15) is 0 Å². The van der Waals surface area contributed by atoms with Gasteiger partial charge in [-0.05, 0) is 70.3 Å². The Kier molecular flexibility index (Phi) is 6.04. The molecule has 6 heteroatoms. The molecule has 0 radical (unpaired) electrons. The zero-order valence-corrected chi connectivity index (χ0v) is 18.3. The molecule has 0 atom stereocenters. The maximum Gasteiger partial charge on any atom is 0.265 e. The summed E-state index contributed by atoms with van der Waals surface area (Å²) in [5, 5.41) is 1.63. The van der Waals surface area contributed by atoms with E-state index in [4.69, 9.17) is 16.6 Å². The summed E-state index contributed by atoms with van der Waals surface area (Å²) >= 11 is 7.59. The number of aryl methyl sites for hydroxylation is 2. The molecule has 2 aliphatic rings. The van der Waals surface area contributed by atoms with E-state index in [1.807, 2.05) is 36.9 Å². The monoisotopic (exact) mass is 417 g/mol. The molecule has 1 aromatic carbocycles. The highest BCUT2D eigenvalue weighted by molar-refractivity contribution is 7.17. The summed E-state index contributed by atoms with van der Waals surface area (Å²) in [5.74, 6) is 0.143. The van der Waals surface area contributed by atoms with Crippen LogP contribution in [-0.4, -0.2) is 52.9 Å². The lowest BCUT2D eigenvalue weighted by molar-refractivity contribution is 0.0593. The largest absolute Gasteiger partial charge is 0.338 e. The Morgan fingerprint density at radius 3 is 2.50 bits per heavy atom. The van der Waals surface area contributed by atoms with E-state index in [0.29, 0.717) is 6.04 Å². The maximum absolute atomic E-state index is 13.1. The average Bonchev–Trinajstić information content (AvgIpc) is 3.09. The Bertz CT molecular complexity index is 851. The van der Waals surface area contributed by atoms with Crippen LogP contribution in [0.25, 0.3) is 10.6 Å². The summed E-state index contributed by atoms with van der Waals surface area (Å²) in [4.78, 5) is 23.3. The second-order valence-corrected chi connectivity index (χ2v) is 9.45. The van der Waals surface area contributed by atoms with Gasteiger partial charge in [-0.25, -0.2) is 4.98 Å². The fraction of sp³-hybridized carbons (Fsp3) is 0.545. The van der Waals surface area contributed by atoms with Crippen molar-refractivity contribution in [1.82, 2.24) is 14.8 Å². The first-order chi connectivity index (χ1) is 13.5. The van der Waals surface area contributed by atoms with Gasteiger partial charge in [0.2, 0.25) is 0 Å². The molecule has 0 aliphatic carbocycles. The van der Waals surface area contributed by atoms with Crippen LogP contribution in [-0.2, 0) is 0 Å². The number of piperidine rings is 2. The SMILES string of the molecule is Cc1cc(Cl)ccc1-c1nc(C)c(C(=O)N2CCC(N3CCCCC3)CC2)s1. The lowest BCUT2D eigenvalue weighted by Crippen LogP contribution is -2.48. The quantitative estimate of drug-likeness (QED) is 0.691. The van der Waals surface area contributed by atoms with Gasteiger partial charge in [0, 0.05) is 29.7 Å². The van der Waals surface area contributed by atoms with Crippen LogP contribution in [0.5, 0.6) is 0 Å². The van der Waals surface area contributed by atoms with E-state index >= 15 is 0 Å². The van der Waals surface area contributed by atoms with Crippen molar-refractivity contribution in [1.29, 1.82) is 0 Å². The molecule has 1 amide bonds. The lowest BCUT2D eigenvalue weighted by Gasteiger charge is -2.40. The number of hydrogen-bond donors (Lipinski definition) is 0. The molecule has 4 nitrogen and oxygen atoms in total. The molecule has 28 heavy (non-hydrogen) atoms. The van der Waals surface area contributed by atoms with Gasteiger partial charge in [0.15, 0.2) is 0 Å². The van der Waals surface area contributed by atoms with Crippen molar-refractivity contribution in [2.45, 2.75) is 52.0 Å². The number of nitrogens with zero attached hydrogens (tertiary/aromatic N) is 3. The van der Waals surface area contributed by atoms with Crippen molar-refractivity contribution in [3.63, 3.8) is 0 Å². The van der Waals surface area contributed by atoms with Crippen LogP contribution < -0.4 is 0 Å². The van der Waals surface area contributed by atoms with E-state index in [1.54, 1.807) is 0 Å². The van der Waals surface area contributed by atoms with E-state index in [-0.39, 0.29) is 5.91 Å². The Morgan fingerprint density at radius 2 is 1.82 bits per heavy atom. The number of thiazole rings is 1. The van der Waals surface area contributed by atoms with E-state index in [2.05, 4.69) is 4.90 Å². The van der Waals surface area contributed by atoms with Crippen molar-refractivity contribution < 1.29 is 4.79 Å². The lowest BCUT2D eigenvalue weighted by atomic mass is 10.00. The number of amides is 1. The van der Waals surface area contributed by atoms with Crippen LogP contribution in [0.2, 0.25) is 5.02 Å². The molecule has 2 saturated heterocycles. The van der Waals surface area contributed by atoms with Crippen molar-refractivity contribution in [2.24, 2.45) is 0 Å². The van der Waals surface area contributed by atoms with Crippen LogP contribution in [0.15, 0.2) is 18.2 Å². The molecular formula is C22H28ClN3OS. The average molecular weight is 418 g/mol. The second-order valence-electron chi connectivity index (χ2n) is 8.01. The zero-order valence-electron chi connectivity index (χ0n) is 16.7. The number of carbonyl (C=O) groups excluding carboxylic acids is 1. The standard InChI is InChI=1S/C22H28ClN3OS/c1-15-14-17(23)6-7-19(15)21-24-16(2)20(28-21)22(27)26-12-8-18(9-13-26)25-10-4-3-5-11-25/h6-7,14,18H,3-5,8-13H2,1-2H3. The fourth-order valence-electron chi connectivity index (χ4n) is 4.44. The Balaban J connectivity index is 1.45. The fourth-order valence-corrected chi connectivity index (χ4v) is 5.79. The molecule has 0 saturated carbocycles. The number of benzene rings is 1. The molecular weight excluding hydrogens is 390 g/mol. The second kappa shape index (κ2) is 8.52. The molecule has 150 valence electrons. The summed E-state index contributed by atoms with van der Waals surface area (Å²) in [6.07, 6.45) is 6.20. The Morgan fingerprint density at radius 1 is 1.11 bits per heavy atom. The van der Waals surface area contributed by atoms with Crippen molar-refractivity contribution in [2.75, 3.05) is 26.2 Å². The topological polar surface area (TPSA) is 36.4 Å². The van der Waals surface area contributed by atoms with E-state index in [0.717, 1.165) is 57.7 Å². The van der Waals surface area contributed by atoms with Gasteiger partial charge in [-0.1, -0.05) is 24.1 Å². The zero-order chi connectivity index (χ0) is 19.7. The van der Waals surface area contributed by atoms with Gasteiger partial charge < -0.3 is 9.80 Å². The summed E-state index contributed by atoms with van der Waals surface area (Å²) in [6, 6.07) is 6.47.